The maximum Gasteiger partial charge on any atom is 0.278 e. The Bertz CT molecular complexity index is 485. The van der Waals surface area contributed by atoms with E-state index in [-0.39, 0.29) is 0 Å². The molecule has 3 rings (SSSR count). The molecule has 1 N–H and O–H groups in total. The lowest BCUT2D eigenvalue weighted by Crippen LogP contribution is -2.01. The van der Waals surface area contributed by atoms with E-state index in [0.717, 1.165) is 18.5 Å². The van der Waals surface area contributed by atoms with Gasteiger partial charge in [-0.3, -0.25) is 5.10 Å². The van der Waals surface area contributed by atoms with Gasteiger partial charge in [0.25, 0.3) is 5.89 Å². The standard InChI is InChI=1S/C10H12N4O/c1-6-11-10(15-14-6)9-7-4-2-3-5-8(7)12-13-9/h2-5H2,1H3,(H,12,13). The molecule has 0 radical (unpaired) electrons. The van der Waals surface area contributed by atoms with Crippen LogP contribution in [0.4, 0.5) is 0 Å². The highest BCUT2D eigenvalue weighted by Crippen LogP contribution is 2.28. The van der Waals surface area contributed by atoms with Crippen molar-refractivity contribution in [2.45, 2.75) is 32.6 Å². The lowest BCUT2D eigenvalue weighted by Gasteiger charge is -2.09. The minimum absolute atomic E-state index is 0.534. The fourth-order valence-electron chi connectivity index (χ4n) is 2.05. The second-order valence-electron chi connectivity index (χ2n) is 3.88. The molecular formula is C10H12N4O. The van der Waals surface area contributed by atoms with Crippen LogP contribution in [0.1, 0.15) is 29.9 Å². The highest BCUT2D eigenvalue weighted by molar-refractivity contribution is 5.54. The van der Waals surface area contributed by atoms with Gasteiger partial charge < -0.3 is 4.52 Å². The molecule has 0 aliphatic heterocycles. The summed E-state index contributed by atoms with van der Waals surface area (Å²) in [4.78, 5) is 4.20. The Morgan fingerprint density at radius 1 is 1.27 bits per heavy atom. The first-order chi connectivity index (χ1) is 7.34. The van der Waals surface area contributed by atoms with E-state index in [1.165, 1.54) is 24.1 Å². The van der Waals surface area contributed by atoms with Gasteiger partial charge in [-0.1, -0.05) is 5.16 Å². The zero-order chi connectivity index (χ0) is 10.3. The van der Waals surface area contributed by atoms with Gasteiger partial charge in [0, 0.05) is 11.3 Å². The number of nitrogens with zero attached hydrogens (tertiary/aromatic N) is 3. The van der Waals surface area contributed by atoms with Crippen LogP contribution in [0.25, 0.3) is 11.6 Å². The third kappa shape index (κ3) is 1.35. The minimum atomic E-state index is 0.534. The summed E-state index contributed by atoms with van der Waals surface area (Å²) in [5.74, 6) is 1.18. The highest BCUT2D eigenvalue weighted by Gasteiger charge is 2.21. The van der Waals surface area contributed by atoms with Crippen molar-refractivity contribution in [1.29, 1.82) is 0 Å². The van der Waals surface area contributed by atoms with Gasteiger partial charge in [-0.15, -0.1) is 0 Å². The molecule has 0 saturated carbocycles. The van der Waals surface area contributed by atoms with Gasteiger partial charge in [-0.2, -0.15) is 10.1 Å². The molecule has 2 heterocycles. The molecular weight excluding hydrogens is 192 g/mol. The Morgan fingerprint density at radius 3 is 2.93 bits per heavy atom. The van der Waals surface area contributed by atoms with Crippen molar-refractivity contribution < 1.29 is 4.52 Å². The van der Waals surface area contributed by atoms with Crippen molar-refractivity contribution in [3.63, 3.8) is 0 Å². The number of fused-ring (bicyclic) bond motifs is 1. The maximum atomic E-state index is 5.13. The third-order valence-corrected chi connectivity index (χ3v) is 2.79. The Balaban J connectivity index is 2.08. The fourth-order valence-corrected chi connectivity index (χ4v) is 2.05. The minimum Gasteiger partial charge on any atom is -0.332 e. The molecule has 5 nitrogen and oxygen atoms in total. The molecule has 0 amide bonds. The average Bonchev–Trinajstić information content (AvgIpc) is 2.83. The molecule has 2 aromatic heterocycles. The predicted molar refractivity (Wildman–Crippen MR) is 53.3 cm³/mol. The molecule has 0 fully saturated rings. The number of H-pyrrole nitrogens is 1. The third-order valence-electron chi connectivity index (χ3n) is 2.79. The van der Waals surface area contributed by atoms with E-state index in [1.807, 2.05) is 6.92 Å². The molecule has 1 aliphatic carbocycles. The van der Waals surface area contributed by atoms with Crippen molar-refractivity contribution in [2.24, 2.45) is 0 Å². The van der Waals surface area contributed by atoms with E-state index in [9.17, 15) is 0 Å². The SMILES string of the molecule is Cc1noc(-c2n[nH]c3c2CCCC3)n1. The molecule has 1 aliphatic rings. The Morgan fingerprint density at radius 2 is 2.13 bits per heavy atom. The van der Waals surface area contributed by atoms with E-state index >= 15 is 0 Å². The summed E-state index contributed by atoms with van der Waals surface area (Å²) in [6, 6.07) is 0. The van der Waals surface area contributed by atoms with Crippen molar-refractivity contribution in [3.05, 3.63) is 17.1 Å². The zero-order valence-corrected chi connectivity index (χ0v) is 8.58. The van der Waals surface area contributed by atoms with Crippen LogP contribution >= 0.6 is 0 Å². The molecule has 0 spiro atoms. The first-order valence-electron chi connectivity index (χ1n) is 5.21. The van der Waals surface area contributed by atoms with Crippen LogP contribution in [0.3, 0.4) is 0 Å². The quantitative estimate of drug-likeness (QED) is 0.766. The summed E-state index contributed by atoms with van der Waals surface area (Å²) >= 11 is 0. The number of hydrogen-bond donors (Lipinski definition) is 1. The summed E-state index contributed by atoms with van der Waals surface area (Å²) in [7, 11) is 0. The second kappa shape index (κ2) is 3.18. The van der Waals surface area contributed by atoms with Crippen molar-refractivity contribution in [2.75, 3.05) is 0 Å². The van der Waals surface area contributed by atoms with Gasteiger partial charge in [0.2, 0.25) is 0 Å². The Labute approximate surface area is 86.9 Å². The van der Waals surface area contributed by atoms with Crippen LogP contribution in [0, 0.1) is 6.92 Å². The molecule has 0 unspecified atom stereocenters. The van der Waals surface area contributed by atoms with Gasteiger partial charge in [-0.05, 0) is 32.6 Å². The number of aryl methyl sites for hydroxylation is 2. The highest BCUT2D eigenvalue weighted by atomic mass is 16.5. The molecule has 0 saturated heterocycles. The number of nitrogens with one attached hydrogen (secondary N) is 1. The van der Waals surface area contributed by atoms with E-state index in [4.69, 9.17) is 4.52 Å². The Kier molecular flexibility index (Phi) is 1.83. The molecule has 78 valence electrons. The summed E-state index contributed by atoms with van der Waals surface area (Å²) in [5, 5.41) is 11.1. The summed E-state index contributed by atoms with van der Waals surface area (Å²) < 4.78 is 5.13. The van der Waals surface area contributed by atoms with Crippen LogP contribution in [-0.4, -0.2) is 20.3 Å². The number of hydrogen-bond acceptors (Lipinski definition) is 4. The molecule has 0 aromatic carbocycles. The second-order valence-corrected chi connectivity index (χ2v) is 3.88. The van der Waals surface area contributed by atoms with Crippen LogP contribution < -0.4 is 0 Å². The largest absolute Gasteiger partial charge is 0.332 e. The van der Waals surface area contributed by atoms with Gasteiger partial charge in [0.05, 0.1) is 0 Å². The average molecular weight is 204 g/mol. The monoisotopic (exact) mass is 204 g/mol. The molecule has 0 bridgehead atoms. The lowest BCUT2D eigenvalue weighted by atomic mass is 9.96. The topological polar surface area (TPSA) is 67.6 Å². The van der Waals surface area contributed by atoms with Gasteiger partial charge in [-0.25, -0.2) is 0 Å². The van der Waals surface area contributed by atoms with Gasteiger partial charge in [0.1, 0.15) is 0 Å². The fraction of sp³-hybridized carbons (Fsp3) is 0.500. The van der Waals surface area contributed by atoms with Crippen molar-refractivity contribution >= 4 is 0 Å². The first kappa shape index (κ1) is 8.64. The predicted octanol–water partition coefficient (Wildman–Crippen LogP) is 1.65. The van der Waals surface area contributed by atoms with Crippen LogP contribution in [-0.2, 0) is 12.8 Å². The van der Waals surface area contributed by atoms with E-state index < -0.39 is 0 Å². The maximum absolute atomic E-state index is 5.13. The van der Waals surface area contributed by atoms with Crippen molar-refractivity contribution in [1.82, 2.24) is 20.3 Å². The molecule has 2 aromatic rings. The van der Waals surface area contributed by atoms with E-state index in [1.54, 1.807) is 0 Å². The van der Waals surface area contributed by atoms with Gasteiger partial charge in [0.15, 0.2) is 11.5 Å². The number of rotatable bonds is 1. The van der Waals surface area contributed by atoms with E-state index in [0.29, 0.717) is 11.7 Å². The lowest BCUT2D eigenvalue weighted by molar-refractivity contribution is 0.424. The summed E-state index contributed by atoms with van der Waals surface area (Å²) in [5.41, 5.74) is 3.32. The van der Waals surface area contributed by atoms with Crippen LogP contribution in [0.5, 0.6) is 0 Å². The normalized spacial score (nSPS) is 15.3. The summed E-state index contributed by atoms with van der Waals surface area (Å²) in [6.45, 7) is 1.81. The summed E-state index contributed by atoms with van der Waals surface area (Å²) in [6.07, 6.45) is 4.59. The number of aromatic amines is 1. The van der Waals surface area contributed by atoms with Crippen LogP contribution in [0.2, 0.25) is 0 Å². The number of aromatic nitrogens is 4. The van der Waals surface area contributed by atoms with Gasteiger partial charge >= 0.3 is 0 Å². The first-order valence-corrected chi connectivity index (χ1v) is 5.21. The van der Waals surface area contributed by atoms with Crippen LogP contribution in [0.15, 0.2) is 4.52 Å². The van der Waals surface area contributed by atoms with E-state index in [2.05, 4.69) is 20.3 Å². The molecule has 15 heavy (non-hydrogen) atoms. The zero-order valence-electron chi connectivity index (χ0n) is 8.58. The Hall–Kier alpha value is -1.65. The molecule has 5 heteroatoms. The van der Waals surface area contributed by atoms with Crippen molar-refractivity contribution in [3.8, 4) is 11.6 Å². The molecule has 0 atom stereocenters. The smallest absolute Gasteiger partial charge is 0.278 e.